The molecule has 0 aliphatic heterocycles. The summed E-state index contributed by atoms with van der Waals surface area (Å²) in [6.45, 7) is 2.03. The molecule has 0 saturated heterocycles. The van der Waals surface area contributed by atoms with E-state index in [2.05, 4.69) is 15.0 Å². The van der Waals surface area contributed by atoms with Crippen molar-refractivity contribution in [2.75, 3.05) is 7.11 Å². The number of hydrogen-bond donors (Lipinski definition) is 0. The molecule has 1 aromatic carbocycles. The zero-order valence-corrected chi connectivity index (χ0v) is 10.5. The van der Waals surface area contributed by atoms with Gasteiger partial charge in [-0.15, -0.1) is 0 Å². The van der Waals surface area contributed by atoms with Gasteiger partial charge in [0, 0.05) is 31.2 Å². The molecular formula is C14H15N3O. The van der Waals surface area contributed by atoms with E-state index >= 15 is 0 Å². The van der Waals surface area contributed by atoms with Gasteiger partial charge in [0.15, 0.2) is 0 Å². The number of rotatable bonds is 4. The number of hydrogen-bond acceptors (Lipinski definition) is 4. The molecule has 0 aliphatic carbocycles. The van der Waals surface area contributed by atoms with E-state index in [-0.39, 0.29) is 0 Å². The highest BCUT2D eigenvalue weighted by atomic mass is 16.5. The van der Waals surface area contributed by atoms with Crippen LogP contribution in [0.4, 0.5) is 5.69 Å². The van der Waals surface area contributed by atoms with Gasteiger partial charge in [-0.05, 0) is 24.6 Å². The highest BCUT2D eigenvalue weighted by molar-refractivity contribution is 5.68. The lowest BCUT2D eigenvalue weighted by molar-refractivity contribution is 0.416. The molecule has 2 aromatic rings. The van der Waals surface area contributed by atoms with Crippen molar-refractivity contribution in [3.8, 4) is 5.75 Å². The fourth-order valence-corrected chi connectivity index (χ4v) is 1.57. The van der Waals surface area contributed by atoms with Gasteiger partial charge >= 0.3 is 0 Å². The van der Waals surface area contributed by atoms with Gasteiger partial charge in [0.05, 0.1) is 12.8 Å². The third-order valence-corrected chi connectivity index (χ3v) is 2.48. The molecule has 0 bridgehead atoms. The molecule has 0 aliphatic rings. The van der Waals surface area contributed by atoms with Crippen LogP contribution in [-0.2, 0) is 6.42 Å². The molecule has 0 saturated carbocycles. The Morgan fingerprint density at radius 2 is 2.22 bits per heavy atom. The van der Waals surface area contributed by atoms with Crippen LogP contribution in [0.1, 0.15) is 11.3 Å². The van der Waals surface area contributed by atoms with Gasteiger partial charge in [-0.1, -0.05) is 6.07 Å². The summed E-state index contributed by atoms with van der Waals surface area (Å²) < 4.78 is 5.26. The number of methoxy groups -OCH3 is 1. The summed E-state index contributed by atoms with van der Waals surface area (Å²) in [6.07, 6.45) is 7.55. The SMILES string of the molecule is COc1ccc(C)cc1N=CCc1cnccn1. The lowest BCUT2D eigenvalue weighted by Crippen LogP contribution is -1.91. The van der Waals surface area contributed by atoms with Crippen molar-refractivity contribution < 1.29 is 4.74 Å². The zero-order chi connectivity index (χ0) is 12.8. The molecule has 2 rings (SSSR count). The van der Waals surface area contributed by atoms with Crippen LogP contribution in [0.5, 0.6) is 5.75 Å². The maximum Gasteiger partial charge on any atom is 0.144 e. The molecule has 0 atom stereocenters. The predicted octanol–water partition coefficient (Wildman–Crippen LogP) is 2.74. The van der Waals surface area contributed by atoms with Gasteiger partial charge in [0.1, 0.15) is 11.4 Å². The van der Waals surface area contributed by atoms with Crippen LogP contribution >= 0.6 is 0 Å². The van der Waals surface area contributed by atoms with E-state index in [0.29, 0.717) is 6.42 Å². The number of aryl methyl sites for hydroxylation is 1. The summed E-state index contributed by atoms with van der Waals surface area (Å²) in [6, 6.07) is 5.91. The highest BCUT2D eigenvalue weighted by Gasteiger charge is 2.00. The van der Waals surface area contributed by atoms with Crippen LogP contribution in [0.25, 0.3) is 0 Å². The van der Waals surface area contributed by atoms with E-state index in [4.69, 9.17) is 4.74 Å². The third-order valence-electron chi connectivity index (χ3n) is 2.48. The van der Waals surface area contributed by atoms with Crippen molar-refractivity contribution in [1.82, 2.24) is 9.97 Å². The Labute approximate surface area is 106 Å². The van der Waals surface area contributed by atoms with Crippen LogP contribution < -0.4 is 4.74 Å². The van der Waals surface area contributed by atoms with Crippen LogP contribution in [0.2, 0.25) is 0 Å². The Balaban J connectivity index is 2.11. The highest BCUT2D eigenvalue weighted by Crippen LogP contribution is 2.27. The standard InChI is InChI=1S/C14H15N3O/c1-11-3-4-14(18-2)13(9-11)17-6-5-12-10-15-7-8-16-12/h3-4,6-10H,5H2,1-2H3. The molecule has 0 radical (unpaired) electrons. The van der Waals surface area contributed by atoms with Crippen LogP contribution in [0, 0.1) is 6.92 Å². The molecule has 18 heavy (non-hydrogen) atoms. The Hall–Kier alpha value is -2.23. The maximum absolute atomic E-state index is 5.26. The van der Waals surface area contributed by atoms with E-state index in [9.17, 15) is 0 Å². The average molecular weight is 241 g/mol. The van der Waals surface area contributed by atoms with Gasteiger partial charge in [-0.25, -0.2) is 0 Å². The normalized spacial score (nSPS) is 10.8. The molecule has 1 heterocycles. The fourth-order valence-electron chi connectivity index (χ4n) is 1.57. The minimum Gasteiger partial charge on any atom is -0.494 e. The summed E-state index contributed by atoms with van der Waals surface area (Å²) >= 11 is 0. The lowest BCUT2D eigenvalue weighted by Gasteiger charge is -2.04. The molecule has 92 valence electrons. The largest absolute Gasteiger partial charge is 0.494 e. The second-order valence-electron chi connectivity index (χ2n) is 3.89. The van der Waals surface area contributed by atoms with Crippen molar-refractivity contribution in [2.24, 2.45) is 4.99 Å². The molecular weight excluding hydrogens is 226 g/mol. The zero-order valence-electron chi connectivity index (χ0n) is 10.5. The number of nitrogens with zero attached hydrogens (tertiary/aromatic N) is 3. The molecule has 0 spiro atoms. The van der Waals surface area contributed by atoms with E-state index in [1.807, 2.05) is 31.3 Å². The minimum absolute atomic E-state index is 0.658. The van der Waals surface area contributed by atoms with E-state index in [1.54, 1.807) is 25.7 Å². The fraction of sp³-hybridized carbons (Fsp3) is 0.214. The van der Waals surface area contributed by atoms with Crippen LogP contribution in [0.3, 0.4) is 0 Å². The maximum atomic E-state index is 5.26. The first kappa shape index (κ1) is 12.2. The average Bonchev–Trinajstić information content (AvgIpc) is 2.40. The molecule has 4 heteroatoms. The van der Waals surface area contributed by atoms with E-state index in [0.717, 1.165) is 22.7 Å². The summed E-state index contributed by atoms with van der Waals surface area (Å²) in [7, 11) is 1.65. The molecule has 0 N–H and O–H groups in total. The Morgan fingerprint density at radius 3 is 2.94 bits per heavy atom. The number of benzene rings is 1. The van der Waals surface area contributed by atoms with Gasteiger partial charge in [-0.3, -0.25) is 15.0 Å². The molecule has 0 unspecified atom stereocenters. The van der Waals surface area contributed by atoms with Gasteiger partial charge < -0.3 is 4.74 Å². The number of aromatic nitrogens is 2. The second kappa shape index (κ2) is 5.91. The minimum atomic E-state index is 0.658. The first-order chi connectivity index (χ1) is 8.79. The van der Waals surface area contributed by atoms with Gasteiger partial charge in [0.2, 0.25) is 0 Å². The Kier molecular flexibility index (Phi) is 4.02. The Morgan fingerprint density at radius 1 is 1.33 bits per heavy atom. The second-order valence-corrected chi connectivity index (χ2v) is 3.89. The summed E-state index contributed by atoms with van der Waals surface area (Å²) in [5, 5.41) is 0. The summed E-state index contributed by atoms with van der Waals surface area (Å²) in [5.41, 5.74) is 2.89. The van der Waals surface area contributed by atoms with Crippen LogP contribution in [-0.4, -0.2) is 23.3 Å². The van der Waals surface area contributed by atoms with E-state index < -0.39 is 0 Å². The summed E-state index contributed by atoms with van der Waals surface area (Å²) in [4.78, 5) is 12.6. The van der Waals surface area contributed by atoms with E-state index in [1.165, 1.54) is 0 Å². The number of aliphatic imine (C=N–C) groups is 1. The molecule has 0 fully saturated rings. The topological polar surface area (TPSA) is 47.4 Å². The molecule has 0 amide bonds. The third kappa shape index (κ3) is 3.13. The smallest absolute Gasteiger partial charge is 0.144 e. The summed E-state index contributed by atoms with van der Waals surface area (Å²) in [5.74, 6) is 0.774. The molecule has 4 nitrogen and oxygen atoms in total. The lowest BCUT2D eigenvalue weighted by atomic mass is 10.2. The predicted molar refractivity (Wildman–Crippen MR) is 71.6 cm³/mol. The molecule has 1 aromatic heterocycles. The van der Waals surface area contributed by atoms with Crippen molar-refractivity contribution in [3.05, 3.63) is 48.0 Å². The van der Waals surface area contributed by atoms with Gasteiger partial charge in [0.25, 0.3) is 0 Å². The van der Waals surface area contributed by atoms with Crippen molar-refractivity contribution >= 4 is 11.9 Å². The first-order valence-corrected chi connectivity index (χ1v) is 5.71. The number of ether oxygens (including phenoxy) is 1. The van der Waals surface area contributed by atoms with Crippen molar-refractivity contribution in [1.29, 1.82) is 0 Å². The van der Waals surface area contributed by atoms with Crippen LogP contribution in [0.15, 0.2) is 41.8 Å². The monoisotopic (exact) mass is 241 g/mol. The van der Waals surface area contributed by atoms with Gasteiger partial charge in [-0.2, -0.15) is 0 Å². The first-order valence-electron chi connectivity index (χ1n) is 5.71. The Bertz CT molecular complexity index is 538. The van der Waals surface area contributed by atoms with Crippen molar-refractivity contribution in [2.45, 2.75) is 13.3 Å². The van der Waals surface area contributed by atoms with Crippen molar-refractivity contribution in [3.63, 3.8) is 0 Å². The quantitative estimate of drug-likeness (QED) is 0.773.